The van der Waals surface area contributed by atoms with Gasteiger partial charge < -0.3 is 18.1 Å². The van der Waals surface area contributed by atoms with E-state index in [2.05, 4.69) is 0 Å². The minimum atomic E-state index is 0. The lowest BCUT2D eigenvalue weighted by Gasteiger charge is -1.91. The zero-order valence-corrected chi connectivity index (χ0v) is 7.98. The molecule has 1 aromatic rings. The fourth-order valence-electron chi connectivity index (χ4n) is 0.736. The number of nitrogens with two attached hydrogens (primary N) is 1. The van der Waals surface area contributed by atoms with Gasteiger partial charge >= 0.3 is 0 Å². The summed E-state index contributed by atoms with van der Waals surface area (Å²) in [6.07, 6.45) is 3.75. The second kappa shape index (κ2) is 6.88. The van der Waals surface area contributed by atoms with Crippen LogP contribution in [0.25, 0.3) is 0 Å². The molecule has 5 heteroatoms. The van der Waals surface area contributed by atoms with Crippen LogP contribution in [-0.4, -0.2) is 5.84 Å². The number of nitrogens with one attached hydrogen (secondary N) is 1. The van der Waals surface area contributed by atoms with Crippen LogP contribution in [0, 0.1) is 5.41 Å². The third-order valence-corrected chi connectivity index (χ3v) is 1.13. The molecule has 68 valence electrons. The lowest BCUT2D eigenvalue weighted by molar-refractivity contribution is -0.682. The second-order valence-electron chi connectivity index (χ2n) is 2.07. The molecule has 0 radical (unpaired) electrons. The van der Waals surface area contributed by atoms with E-state index in [9.17, 15) is 0 Å². The number of hydrogen-bond donors (Lipinski definition) is 2. The highest BCUT2D eigenvalue weighted by Gasteiger charge is 1.97. The third kappa shape index (κ3) is 4.93. The van der Waals surface area contributed by atoms with Crippen molar-refractivity contribution in [1.82, 2.24) is 0 Å². The molecular weight excluding hydrogens is 197 g/mol. The maximum Gasteiger partial charge on any atom is 0.204 e. The van der Waals surface area contributed by atoms with Gasteiger partial charge in [0.05, 0.1) is 0 Å². The molecule has 1 rings (SSSR count). The summed E-state index contributed by atoms with van der Waals surface area (Å²) < 4.78 is 1.85. The largest absolute Gasteiger partial charge is 1.00 e. The molecule has 1 heterocycles. The third-order valence-electron chi connectivity index (χ3n) is 1.13. The van der Waals surface area contributed by atoms with E-state index in [4.69, 9.17) is 11.1 Å². The van der Waals surface area contributed by atoms with Gasteiger partial charge in [0, 0.05) is 12.1 Å². The number of pyridine rings is 1. The lowest BCUT2D eigenvalue weighted by atomic mass is 10.4. The maximum absolute atomic E-state index is 6.99. The van der Waals surface area contributed by atoms with Crippen LogP contribution in [0.4, 0.5) is 0 Å². The quantitative estimate of drug-likeness (QED) is 0.311. The van der Waals surface area contributed by atoms with Crippen molar-refractivity contribution in [2.45, 2.75) is 6.54 Å². The molecule has 0 amide bonds. The summed E-state index contributed by atoms with van der Waals surface area (Å²) in [5.41, 5.74) is 5.19. The van der Waals surface area contributed by atoms with Gasteiger partial charge in [-0.1, -0.05) is 6.07 Å². The molecule has 0 saturated carbocycles. The zero-order valence-electron chi connectivity index (χ0n) is 6.40. The average molecular weight is 208 g/mol. The van der Waals surface area contributed by atoms with E-state index in [0.717, 1.165) is 0 Å². The Morgan fingerprint density at radius 2 is 1.75 bits per heavy atom. The van der Waals surface area contributed by atoms with Gasteiger partial charge in [0.25, 0.3) is 0 Å². The number of rotatable bonds is 2. The van der Waals surface area contributed by atoms with Gasteiger partial charge in [0.2, 0.25) is 6.54 Å². The van der Waals surface area contributed by atoms with Crippen molar-refractivity contribution < 1.29 is 17.0 Å². The Bertz CT molecular complexity index is 225. The maximum atomic E-state index is 6.99. The topological polar surface area (TPSA) is 53.8 Å². The average Bonchev–Trinajstić information content (AvgIpc) is 1.88. The summed E-state index contributed by atoms with van der Waals surface area (Å²) >= 11 is 0. The fraction of sp³-hybridized carbons (Fsp3) is 0.143. The van der Waals surface area contributed by atoms with Crippen LogP contribution in [-0.2, 0) is 6.54 Å². The van der Waals surface area contributed by atoms with Crippen molar-refractivity contribution in [2.24, 2.45) is 5.73 Å². The molecule has 0 atom stereocenters. The number of halogens is 2. The predicted molar refractivity (Wildman–Crippen MR) is 45.8 cm³/mol. The van der Waals surface area contributed by atoms with Crippen molar-refractivity contribution >= 4 is 18.2 Å². The first-order valence-electron chi connectivity index (χ1n) is 3.06. The van der Waals surface area contributed by atoms with Gasteiger partial charge in [-0.2, -0.15) is 4.57 Å². The van der Waals surface area contributed by atoms with Crippen LogP contribution in [0.3, 0.4) is 0 Å². The van der Waals surface area contributed by atoms with Gasteiger partial charge in [0.1, 0.15) is 0 Å². The van der Waals surface area contributed by atoms with Crippen LogP contribution in [0.15, 0.2) is 30.6 Å². The monoisotopic (exact) mass is 207 g/mol. The normalized spacial score (nSPS) is 7.67. The minimum absolute atomic E-state index is 0. The Morgan fingerprint density at radius 3 is 2.17 bits per heavy atom. The summed E-state index contributed by atoms with van der Waals surface area (Å²) in [6.45, 7) is 0.473. The van der Waals surface area contributed by atoms with E-state index in [1.54, 1.807) is 0 Å². The van der Waals surface area contributed by atoms with Crippen LogP contribution in [0.2, 0.25) is 0 Å². The molecule has 0 aromatic carbocycles. The van der Waals surface area contributed by atoms with E-state index in [1.807, 2.05) is 35.2 Å². The summed E-state index contributed by atoms with van der Waals surface area (Å²) in [5, 5.41) is 6.99. The van der Waals surface area contributed by atoms with Gasteiger partial charge in [-0.15, -0.1) is 12.4 Å². The summed E-state index contributed by atoms with van der Waals surface area (Å²) in [7, 11) is 0. The van der Waals surface area contributed by atoms with Crippen molar-refractivity contribution in [1.29, 1.82) is 5.41 Å². The molecule has 0 fully saturated rings. The molecule has 0 aliphatic heterocycles. The van der Waals surface area contributed by atoms with E-state index in [0.29, 0.717) is 6.54 Å². The molecule has 12 heavy (non-hydrogen) atoms. The molecule has 0 saturated heterocycles. The first kappa shape index (κ1) is 13.8. The minimum Gasteiger partial charge on any atom is -1.00 e. The highest BCUT2D eigenvalue weighted by atomic mass is 35.5. The molecular formula is C7H11Cl2N3. The van der Waals surface area contributed by atoms with Crippen LogP contribution in [0.1, 0.15) is 0 Å². The van der Waals surface area contributed by atoms with Gasteiger partial charge in [-0.25, -0.2) is 0 Å². The number of hydrogen-bond acceptors (Lipinski definition) is 1. The Balaban J connectivity index is 0. The second-order valence-corrected chi connectivity index (χ2v) is 2.07. The van der Waals surface area contributed by atoms with Crippen LogP contribution < -0.4 is 22.7 Å². The highest BCUT2D eigenvalue weighted by Crippen LogP contribution is 1.75. The molecule has 0 spiro atoms. The molecule has 3 nitrogen and oxygen atoms in total. The number of aromatic nitrogens is 1. The van der Waals surface area contributed by atoms with Crippen molar-refractivity contribution in [3.63, 3.8) is 0 Å². The van der Waals surface area contributed by atoms with Crippen molar-refractivity contribution in [3.05, 3.63) is 30.6 Å². The molecule has 3 N–H and O–H groups in total. The Kier molecular flexibility index (Phi) is 7.90. The lowest BCUT2D eigenvalue weighted by Crippen LogP contribution is -3.00. The van der Waals surface area contributed by atoms with Crippen molar-refractivity contribution in [3.8, 4) is 0 Å². The Labute approximate surface area is 83.9 Å². The van der Waals surface area contributed by atoms with E-state index in [1.165, 1.54) is 0 Å². The zero-order chi connectivity index (χ0) is 7.40. The molecule has 0 aliphatic carbocycles. The Hall–Kier alpha value is -0.800. The van der Waals surface area contributed by atoms with Gasteiger partial charge in [-0.3, -0.25) is 5.41 Å². The van der Waals surface area contributed by atoms with Crippen molar-refractivity contribution in [2.75, 3.05) is 0 Å². The SMILES string of the molecule is Cl.N=C(N)C[n+]1ccccc1.[Cl-]. The molecule has 0 aliphatic rings. The standard InChI is InChI=1S/C7H10N3.2ClH/c8-7(9)6-10-4-2-1-3-5-10;;/h1-5H,6H2,(H3,8,9);2*1H/q+1;;/p-1. The fourth-order valence-corrected chi connectivity index (χ4v) is 0.736. The number of amidine groups is 1. The smallest absolute Gasteiger partial charge is 0.204 e. The molecule has 1 aromatic heterocycles. The van der Waals surface area contributed by atoms with Gasteiger partial charge in [0.15, 0.2) is 18.2 Å². The summed E-state index contributed by atoms with van der Waals surface area (Å²) in [5.74, 6) is 0.177. The van der Waals surface area contributed by atoms with E-state index < -0.39 is 0 Å². The number of nitrogens with zero attached hydrogens (tertiary/aromatic N) is 1. The van der Waals surface area contributed by atoms with Gasteiger partial charge in [-0.05, 0) is 0 Å². The van der Waals surface area contributed by atoms with E-state index in [-0.39, 0.29) is 30.6 Å². The first-order valence-corrected chi connectivity index (χ1v) is 3.06. The molecule has 0 unspecified atom stereocenters. The highest BCUT2D eigenvalue weighted by molar-refractivity contribution is 5.85. The predicted octanol–water partition coefficient (Wildman–Crippen LogP) is -2.66. The molecule has 0 bridgehead atoms. The first-order chi connectivity index (χ1) is 4.79. The Morgan fingerprint density at radius 1 is 1.25 bits per heavy atom. The van der Waals surface area contributed by atoms with E-state index >= 15 is 0 Å². The van der Waals surface area contributed by atoms with Crippen LogP contribution in [0.5, 0.6) is 0 Å². The summed E-state index contributed by atoms with van der Waals surface area (Å²) in [6, 6.07) is 5.74. The summed E-state index contributed by atoms with van der Waals surface area (Å²) in [4.78, 5) is 0. The van der Waals surface area contributed by atoms with Crippen LogP contribution >= 0.6 is 12.4 Å².